The molecule has 0 spiro atoms. The van der Waals surface area contributed by atoms with Crippen molar-refractivity contribution in [3.63, 3.8) is 0 Å². The Bertz CT molecular complexity index is 1780. The Morgan fingerprint density at radius 3 is 1.86 bits per heavy atom. The lowest BCUT2D eigenvalue weighted by Crippen LogP contribution is -2.36. The zero-order valence-electron chi connectivity index (χ0n) is 29.0. The number of hydrogen-bond donors (Lipinski definition) is 2. The van der Waals surface area contributed by atoms with Gasteiger partial charge in [-0.25, -0.2) is 0 Å². The van der Waals surface area contributed by atoms with Crippen LogP contribution in [0.25, 0.3) is 20.5 Å². The van der Waals surface area contributed by atoms with E-state index in [2.05, 4.69) is 15.5 Å². The van der Waals surface area contributed by atoms with E-state index in [4.69, 9.17) is 4.74 Å². The molecule has 0 radical (unpaired) electrons. The van der Waals surface area contributed by atoms with Crippen LogP contribution >= 0.6 is 11.3 Å². The average molecular weight is 692 g/mol. The van der Waals surface area contributed by atoms with E-state index in [-0.39, 0.29) is 29.7 Å². The topological polar surface area (TPSA) is 87.7 Å². The quantitative estimate of drug-likeness (QED) is 0.154. The molecular weight excluding hydrogens is 643 g/mol. The maximum atomic E-state index is 14.3. The van der Waals surface area contributed by atoms with Crippen LogP contribution in [-0.2, 0) is 0 Å². The molecule has 50 heavy (non-hydrogen) atoms. The number of likely N-dealkylation sites (tertiary alicyclic amines) is 1. The Morgan fingerprint density at radius 2 is 1.22 bits per heavy atom. The largest absolute Gasteiger partial charge is 0.492 e. The summed E-state index contributed by atoms with van der Waals surface area (Å²) < 4.78 is 6.93. The average Bonchev–Trinajstić information content (AvgIpc) is 3.55. The first kappa shape index (κ1) is 34.4. The van der Waals surface area contributed by atoms with Crippen molar-refractivity contribution in [3.8, 4) is 16.2 Å². The van der Waals surface area contributed by atoms with E-state index in [1.807, 2.05) is 66.7 Å². The van der Waals surface area contributed by atoms with Crippen LogP contribution in [-0.4, -0.2) is 60.8 Å². The van der Waals surface area contributed by atoms with Crippen molar-refractivity contribution in [2.24, 2.45) is 0 Å². The minimum absolute atomic E-state index is 0.0528. The normalized spacial score (nSPS) is 17.8. The summed E-state index contributed by atoms with van der Waals surface area (Å²) in [5.74, 6) is 0.558. The molecule has 3 aliphatic rings. The fourth-order valence-electron chi connectivity index (χ4n) is 7.79. The number of piperidine rings is 1. The number of nitrogens with zero attached hydrogens (tertiary/aromatic N) is 1. The van der Waals surface area contributed by atoms with Gasteiger partial charge in [-0.2, -0.15) is 0 Å². The summed E-state index contributed by atoms with van der Waals surface area (Å²) in [5, 5.41) is 7.26. The van der Waals surface area contributed by atoms with Gasteiger partial charge in [0.05, 0.1) is 0 Å². The Hall–Kier alpha value is -4.01. The lowest BCUT2D eigenvalue weighted by molar-refractivity contribution is 0.0919. The van der Waals surface area contributed by atoms with E-state index in [0.29, 0.717) is 28.9 Å². The van der Waals surface area contributed by atoms with E-state index in [1.165, 1.54) is 43.4 Å². The standard InChI is InChI=1S/C42H49N3O4S/c46-39(29-18-21-35(22-19-29)49-27-26-45-24-8-3-9-25-45)38-36-23-20-32(42(48)44-34-12-6-2-7-13-34)28-37(36)50-40(38)30-14-16-31(17-15-30)41(47)43-33-10-4-1-5-11-33/h14-23,28,33-34H,1-13,24-27H2,(H,43,47)(H,44,48). The van der Waals surface area contributed by atoms with Crippen LogP contribution in [0.3, 0.4) is 0 Å². The number of carbonyl (C=O) groups is 3. The molecule has 4 aromatic rings. The maximum Gasteiger partial charge on any atom is 0.251 e. The van der Waals surface area contributed by atoms with E-state index < -0.39 is 0 Å². The van der Waals surface area contributed by atoms with Crippen LogP contribution in [0.5, 0.6) is 5.75 Å². The Morgan fingerprint density at radius 1 is 0.660 bits per heavy atom. The minimum atomic E-state index is -0.0790. The molecule has 2 heterocycles. The summed E-state index contributed by atoms with van der Waals surface area (Å²) in [5.41, 5.74) is 3.29. The highest BCUT2D eigenvalue weighted by Gasteiger charge is 2.24. The molecule has 2 amide bonds. The Kier molecular flexibility index (Phi) is 11.3. The molecule has 0 bridgehead atoms. The number of rotatable bonds is 11. The van der Waals surface area contributed by atoms with Gasteiger partial charge >= 0.3 is 0 Å². The van der Waals surface area contributed by atoms with E-state index >= 15 is 0 Å². The number of carbonyl (C=O) groups excluding carboxylic acids is 3. The number of amides is 2. The fraction of sp³-hybridized carbons (Fsp3) is 0.452. The van der Waals surface area contributed by atoms with Gasteiger partial charge in [0.1, 0.15) is 12.4 Å². The van der Waals surface area contributed by atoms with Gasteiger partial charge in [0.25, 0.3) is 11.8 Å². The zero-order chi connectivity index (χ0) is 34.3. The highest BCUT2D eigenvalue weighted by atomic mass is 32.1. The van der Waals surface area contributed by atoms with Gasteiger partial charge in [0.2, 0.25) is 0 Å². The van der Waals surface area contributed by atoms with Gasteiger partial charge in [0.15, 0.2) is 5.78 Å². The van der Waals surface area contributed by atoms with Gasteiger partial charge in [0, 0.05) is 55.8 Å². The minimum Gasteiger partial charge on any atom is -0.492 e. The molecule has 0 atom stereocenters. The fourth-order valence-corrected chi connectivity index (χ4v) is 9.04. The van der Waals surface area contributed by atoms with Crippen molar-refractivity contribution in [2.75, 3.05) is 26.2 Å². The molecule has 3 aromatic carbocycles. The molecule has 8 heteroatoms. The predicted molar refractivity (Wildman–Crippen MR) is 202 cm³/mol. The summed E-state index contributed by atoms with van der Waals surface area (Å²) in [6, 6.07) is 21.2. The molecule has 2 N–H and O–H groups in total. The van der Waals surface area contributed by atoms with Crippen LogP contribution in [0.15, 0.2) is 66.7 Å². The third-order valence-electron chi connectivity index (χ3n) is 10.7. The molecular formula is C42H49N3O4S. The molecule has 3 fully saturated rings. The van der Waals surface area contributed by atoms with Gasteiger partial charge in [-0.15, -0.1) is 11.3 Å². The van der Waals surface area contributed by atoms with Crippen molar-refractivity contribution < 1.29 is 19.1 Å². The molecule has 2 aliphatic carbocycles. The van der Waals surface area contributed by atoms with Gasteiger partial charge < -0.3 is 15.4 Å². The van der Waals surface area contributed by atoms with Gasteiger partial charge in [-0.3, -0.25) is 19.3 Å². The van der Waals surface area contributed by atoms with Crippen molar-refractivity contribution in [3.05, 3.63) is 89.0 Å². The summed E-state index contributed by atoms with van der Waals surface area (Å²) in [6.07, 6.45) is 15.0. The van der Waals surface area contributed by atoms with Crippen LogP contribution in [0.4, 0.5) is 0 Å². The summed E-state index contributed by atoms with van der Waals surface area (Å²) >= 11 is 1.52. The number of nitrogens with one attached hydrogen (secondary N) is 2. The number of ketones is 1. The van der Waals surface area contributed by atoms with Crippen molar-refractivity contribution in [1.82, 2.24) is 15.5 Å². The Labute approximate surface area is 299 Å². The zero-order valence-corrected chi connectivity index (χ0v) is 29.8. The van der Waals surface area contributed by atoms with Crippen LogP contribution < -0.4 is 15.4 Å². The lowest BCUT2D eigenvalue weighted by Gasteiger charge is -2.26. The molecule has 7 rings (SSSR count). The van der Waals surface area contributed by atoms with Crippen LogP contribution in [0.2, 0.25) is 0 Å². The number of ether oxygens (including phenoxy) is 1. The smallest absolute Gasteiger partial charge is 0.251 e. The number of benzene rings is 3. The first-order valence-corrected chi connectivity index (χ1v) is 19.6. The van der Waals surface area contributed by atoms with Crippen molar-refractivity contribution in [1.29, 1.82) is 0 Å². The Balaban J connectivity index is 1.14. The lowest BCUT2D eigenvalue weighted by atomic mass is 9.94. The van der Waals surface area contributed by atoms with E-state index in [0.717, 1.165) is 97.3 Å². The highest BCUT2D eigenvalue weighted by molar-refractivity contribution is 7.22. The molecule has 262 valence electrons. The number of thiophene rings is 1. The van der Waals surface area contributed by atoms with E-state index in [1.54, 1.807) is 0 Å². The first-order chi connectivity index (χ1) is 24.5. The van der Waals surface area contributed by atoms with Crippen LogP contribution in [0.1, 0.15) is 120 Å². The SMILES string of the molecule is O=C(NC1CCCCC1)c1ccc(-c2sc3cc(C(=O)NC4CCCCC4)ccc3c2C(=O)c2ccc(OCCN3CCCCC3)cc2)cc1. The summed E-state index contributed by atoms with van der Waals surface area (Å²) in [6.45, 7) is 3.80. The predicted octanol–water partition coefficient (Wildman–Crippen LogP) is 8.79. The number of hydrogen-bond acceptors (Lipinski definition) is 6. The second-order valence-corrected chi connectivity index (χ2v) is 15.4. The van der Waals surface area contributed by atoms with Gasteiger partial charge in [-0.1, -0.05) is 63.1 Å². The van der Waals surface area contributed by atoms with Crippen molar-refractivity contribution >= 4 is 39.0 Å². The maximum absolute atomic E-state index is 14.3. The monoisotopic (exact) mass is 691 g/mol. The summed E-state index contributed by atoms with van der Waals surface area (Å²) in [7, 11) is 0. The second-order valence-electron chi connectivity index (χ2n) is 14.3. The van der Waals surface area contributed by atoms with Crippen LogP contribution in [0, 0.1) is 0 Å². The third-order valence-corrected chi connectivity index (χ3v) is 11.9. The number of fused-ring (bicyclic) bond motifs is 1. The molecule has 0 unspecified atom stereocenters. The van der Waals surface area contributed by atoms with Crippen molar-refractivity contribution in [2.45, 2.75) is 95.6 Å². The third kappa shape index (κ3) is 8.30. The molecule has 1 saturated heterocycles. The highest BCUT2D eigenvalue weighted by Crippen LogP contribution is 2.41. The second kappa shape index (κ2) is 16.3. The van der Waals surface area contributed by atoms with E-state index in [9.17, 15) is 14.4 Å². The summed E-state index contributed by atoms with van der Waals surface area (Å²) in [4.78, 5) is 44.0. The first-order valence-electron chi connectivity index (χ1n) is 18.8. The molecule has 1 aromatic heterocycles. The molecule has 1 aliphatic heterocycles. The van der Waals surface area contributed by atoms with Gasteiger partial charge in [-0.05, 0) is 106 Å². The molecule has 2 saturated carbocycles. The molecule has 7 nitrogen and oxygen atoms in total.